The fourth-order valence-corrected chi connectivity index (χ4v) is 4.33. The van der Waals surface area contributed by atoms with Crippen LogP contribution in [-0.2, 0) is 16.1 Å². The lowest BCUT2D eigenvalue weighted by Crippen LogP contribution is -2.50. The quantitative estimate of drug-likeness (QED) is 0.691. The van der Waals surface area contributed by atoms with E-state index in [-0.39, 0.29) is 24.2 Å². The Morgan fingerprint density at radius 3 is 2.13 bits per heavy atom. The third kappa shape index (κ3) is 4.63. The molecule has 0 unspecified atom stereocenters. The zero-order valence-electron chi connectivity index (χ0n) is 18.0. The maximum atomic E-state index is 12.8. The molecule has 2 amide bonds. The molecule has 158 valence electrons. The molecule has 2 fully saturated rings. The molecule has 5 heteroatoms. The summed E-state index contributed by atoms with van der Waals surface area (Å²) in [7, 11) is 0. The van der Waals surface area contributed by atoms with Crippen molar-refractivity contribution >= 4 is 11.8 Å². The molecule has 0 aliphatic carbocycles. The van der Waals surface area contributed by atoms with Crippen LogP contribution in [0.1, 0.15) is 48.8 Å². The lowest BCUT2D eigenvalue weighted by Gasteiger charge is -2.36. The van der Waals surface area contributed by atoms with Crippen molar-refractivity contribution in [2.75, 3.05) is 32.8 Å². The number of carbonyl (C=O) groups excluding carboxylic acids is 2. The molecular formula is C25H31N3O2. The highest BCUT2D eigenvalue weighted by Crippen LogP contribution is 2.29. The second-order valence-electron chi connectivity index (χ2n) is 8.76. The molecule has 2 aliphatic heterocycles. The normalized spacial score (nSPS) is 21.0. The van der Waals surface area contributed by atoms with E-state index in [4.69, 9.17) is 0 Å². The van der Waals surface area contributed by atoms with Crippen molar-refractivity contribution in [1.29, 1.82) is 0 Å². The standard InChI is InChI=1S/C25H31N3O2/c1-19(2)21-10-8-20(9-11-21)17-26-12-14-27(15-13-26)18-28-24(29)16-23(25(28)30)22-6-4-3-5-7-22/h3-11,19,23H,12-18H2,1-2H3/t23-/m1/s1. The van der Waals surface area contributed by atoms with Crippen molar-refractivity contribution in [3.8, 4) is 0 Å². The van der Waals surface area contributed by atoms with Crippen molar-refractivity contribution in [3.05, 3.63) is 71.3 Å². The van der Waals surface area contributed by atoms with Crippen LogP contribution in [0.25, 0.3) is 0 Å². The van der Waals surface area contributed by atoms with Gasteiger partial charge in [0.2, 0.25) is 11.8 Å². The molecule has 2 aromatic carbocycles. The lowest BCUT2D eigenvalue weighted by molar-refractivity contribution is -0.141. The van der Waals surface area contributed by atoms with E-state index in [0.717, 1.165) is 38.3 Å². The van der Waals surface area contributed by atoms with Crippen LogP contribution < -0.4 is 0 Å². The first-order chi connectivity index (χ1) is 14.5. The summed E-state index contributed by atoms with van der Waals surface area (Å²) in [5, 5.41) is 0. The zero-order valence-corrected chi connectivity index (χ0v) is 18.0. The van der Waals surface area contributed by atoms with Gasteiger partial charge in [-0.05, 0) is 22.6 Å². The third-order valence-electron chi connectivity index (χ3n) is 6.30. The molecule has 0 aromatic heterocycles. The van der Waals surface area contributed by atoms with Crippen molar-refractivity contribution in [2.24, 2.45) is 0 Å². The molecule has 0 N–H and O–H groups in total. The van der Waals surface area contributed by atoms with Crippen LogP contribution in [0.2, 0.25) is 0 Å². The minimum atomic E-state index is -0.325. The van der Waals surface area contributed by atoms with E-state index in [1.807, 2.05) is 30.3 Å². The predicted octanol–water partition coefficient (Wildman–Crippen LogP) is 3.43. The molecule has 0 spiro atoms. The van der Waals surface area contributed by atoms with Gasteiger partial charge in [-0.1, -0.05) is 68.4 Å². The molecule has 30 heavy (non-hydrogen) atoms. The lowest BCUT2D eigenvalue weighted by atomic mass is 9.98. The number of piperazine rings is 1. The third-order valence-corrected chi connectivity index (χ3v) is 6.30. The van der Waals surface area contributed by atoms with Crippen molar-refractivity contribution in [3.63, 3.8) is 0 Å². The van der Waals surface area contributed by atoms with Gasteiger partial charge >= 0.3 is 0 Å². The number of hydrogen-bond donors (Lipinski definition) is 0. The molecule has 1 atom stereocenters. The highest BCUT2D eigenvalue weighted by molar-refractivity contribution is 6.06. The van der Waals surface area contributed by atoms with Gasteiger partial charge in [-0.25, -0.2) is 0 Å². The fraction of sp³-hybridized carbons (Fsp3) is 0.440. The molecule has 2 heterocycles. The Morgan fingerprint density at radius 1 is 0.867 bits per heavy atom. The van der Waals surface area contributed by atoms with E-state index in [1.54, 1.807) is 0 Å². The second-order valence-corrected chi connectivity index (χ2v) is 8.76. The zero-order chi connectivity index (χ0) is 21.1. The maximum absolute atomic E-state index is 12.8. The van der Waals surface area contributed by atoms with Crippen molar-refractivity contribution in [1.82, 2.24) is 14.7 Å². The average Bonchev–Trinajstić information content (AvgIpc) is 3.04. The summed E-state index contributed by atoms with van der Waals surface area (Å²) in [6, 6.07) is 18.6. The van der Waals surface area contributed by atoms with Crippen LogP contribution in [-0.4, -0.2) is 59.4 Å². The maximum Gasteiger partial charge on any atom is 0.238 e. The minimum Gasteiger partial charge on any atom is -0.297 e. The van der Waals surface area contributed by atoms with E-state index in [1.165, 1.54) is 16.0 Å². The van der Waals surface area contributed by atoms with E-state index in [9.17, 15) is 9.59 Å². The van der Waals surface area contributed by atoms with Crippen LogP contribution >= 0.6 is 0 Å². The van der Waals surface area contributed by atoms with E-state index < -0.39 is 0 Å². The molecule has 0 saturated carbocycles. The number of amides is 2. The number of likely N-dealkylation sites (tertiary alicyclic amines) is 1. The Bertz CT molecular complexity index is 871. The van der Waals surface area contributed by atoms with Gasteiger partial charge in [0.05, 0.1) is 12.6 Å². The Hall–Kier alpha value is -2.50. The van der Waals surface area contributed by atoms with Crippen LogP contribution in [0.3, 0.4) is 0 Å². The minimum absolute atomic E-state index is 0.0541. The summed E-state index contributed by atoms with van der Waals surface area (Å²) in [6.45, 7) is 9.43. The van der Waals surface area contributed by atoms with Crippen molar-refractivity contribution < 1.29 is 9.59 Å². The first-order valence-corrected chi connectivity index (χ1v) is 10.9. The highest BCUT2D eigenvalue weighted by Gasteiger charge is 2.40. The van der Waals surface area contributed by atoms with E-state index >= 15 is 0 Å². The Kier molecular flexibility index (Phi) is 6.30. The topological polar surface area (TPSA) is 43.9 Å². The largest absolute Gasteiger partial charge is 0.297 e. The number of carbonyl (C=O) groups is 2. The van der Waals surface area contributed by atoms with Crippen LogP contribution in [0.15, 0.2) is 54.6 Å². The fourth-order valence-electron chi connectivity index (χ4n) is 4.33. The smallest absolute Gasteiger partial charge is 0.238 e. The first kappa shape index (κ1) is 20.8. The molecule has 0 bridgehead atoms. The number of benzene rings is 2. The summed E-state index contributed by atoms with van der Waals surface area (Å²) >= 11 is 0. The second kappa shape index (κ2) is 9.11. The van der Waals surface area contributed by atoms with Gasteiger partial charge in [-0.2, -0.15) is 0 Å². The monoisotopic (exact) mass is 405 g/mol. The van der Waals surface area contributed by atoms with Gasteiger partial charge in [-0.15, -0.1) is 0 Å². The summed E-state index contributed by atoms with van der Waals surface area (Å²) in [5.41, 5.74) is 3.65. The first-order valence-electron chi connectivity index (χ1n) is 10.9. The van der Waals surface area contributed by atoms with Crippen molar-refractivity contribution in [2.45, 2.75) is 38.6 Å². The summed E-state index contributed by atoms with van der Waals surface area (Å²) in [5.74, 6) is 0.120. The number of rotatable bonds is 6. The van der Waals surface area contributed by atoms with Gasteiger partial charge < -0.3 is 0 Å². The Labute approximate surface area is 179 Å². The van der Waals surface area contributed by atoms with E-state index in [0.29, 0.717) is 12.6 Å². The Morgan fingerprint density at radius 2 is 1.50 bits per heavy atom. The Balaban J connectivity index is 1.28. The summed E-state index contributed by atoms with van der Waals surface area (Å²) in [6.07, 6.45) is 0.287. The van der Waals surface area contributed by atoms with E-state index in [2.05, 4.69) is 47.9 Å². The number of hydrogen-bond acceptors (Lipinski definition) is 4. The molecule has 2 aromatic rings. The van der Waals surface area contributed by atoms with Crippen LogP contribution in [0.5, 0.6) is 0 Å². The SMILES string of the molecule is CC(C)c1ccc(CN2CCN(CN3C(=O)C[C@H](c4ccccc4)C3=O)CC2)cc1. The molecular weight excluding hydrogens is 374 g/mol. The van der Waals surface area contributed by atoms with Gasteiger partial charge in [-0.3, -0.25) is 24.3 Å². The summed E-state index contributed by atoms with van der Waals surface area (Å²) < 4.78 is 0. The van der Waals surface area contributed by atoms with Gasteiger partial charge in [0.1, 0.15) is 0 Å². The van der Waals surface area contributed by atoms with Crippen LogP contribution in [0, 0.1) is 0 Å². The van der Waals surface area contributed by atoms with Gasteiger partial charge in [0.25, 0.3) is 0 Å². The molecule has 0 radical (unpaired) electrons. The molecule has 4 rings (SSSR count). The predicted molar refractivity (Wildman–Crippen MR) is 118 cm³/mol. The number of nitrogens with zero attached hydrogens (tertiary/aromatic N) is 3. The average molecular weight is 406 g/mol. The number of imide groups is 1. The van der Waals surface area contributed by atoms with Crippen LogP contribution in [0.4, 0.5) is 0 Å². The van der Waals surface area contributed by atoms with Gasteiger partial charge in [0.15, 0.2) is 0 Å². The highest BCUT2D eigenvalue weighted by atomic mass is 16.2. The molecule has 2 saturated heterocycles. The van der Waals surface area contributed by atoms with Gasteiger partial charge in [0, 0.05) is 39.1 Å². The molecule has 5 nitrogen and oxygen atoms in total. The molecule has 2 aliphatic rings. The summed E-state index contributed by atoms with van der Waals surface area (Å²) in [4.78, 5) is 31.5.